The molecule has 1 aromatic heterocycles. The van der Waals surface area contributed by atoms with Crippen molar-refractivity contribution >= 4 is 28.6 Å². The molecule has 0 bridgehead atoms. The minimum absolute atomic E-state index is 0.0408. The van der Waals surface area contributed by atoms with Crippen LogP contribution >= 0.6 is 11.3 Å². The molecular weight excluding hydrogens is 268 g/mol. The molecule has 0 saturated carbocycles. The van der Waals surface area contributed by atoms with E-state index in [1.54, 1.807) is 17.4 Å². The number of carbonyl (C=O) groups is 1. The minimum Gasteiger partial charge on any atom is -0.397 e. The van der Waals surface area contributed by atoms with E-state index in [-0.39, 0.29) is 5.91 Å². The molecular formula is C16H20N2OS. The second-order valence-electron chi connectivity index (χ2n) is 4.78. The van der Waals surface area contributed by atoms with E-state index in [4.69, 9.17) is 5.73 Å². The summed E-state index contributed by atoms with van der Waals surface area (Å²) in [5.41, 5.74) is 7.10. The monoisotopic (exact) mass is 288 g/mol. The van der Waals surface area contributed by atoms with Crippen LogP contribution in [0, 0.1) is 0 Å². The quantitative estimate of drug-likeness (QED) is 0.596. The van der Waals surface area contributed by atoms with E-state index in [1.165, 1.54) is 4.88 Å². The maximum atomic E-state index is 11.8. The number of thiophene rings is 1. The lowest BCUT2D eigenvalue weighted by Crippen LogP contribution is -2.12. The fraction of sp³-hybridized carbons (Fsp3) is 0.312. The third-order valence-electron chi connectivity index (χ3n) is 3.14. The molecule has 1 amide bonds. The Labute approximate surface area is 123 Å². The van der Waals surface area contributed by atoms with Gasteiger partial charge in [-0.15, -0.1) is 11.3 Å². The molecule has 0 unspecified atom stereocenters. The average molecular weight is 288 g/mol. The van der Waals surface area contributed by atoms with E-state index in [0.29, 0.717) is 17.8 Å². The van der Waals surface area contributed by atoms with Gasteiger partial charge in [0.15, 0.2) is 0 Å². The molecule has 0 fully saturated rings. The van der Waals surface area contributed by atoms with Crippen molar-refractivity contribution in [2.75, 3.05) is 11.1 Å². The lowest BCUT2D eigenvalue weighted by molar-refractivity contribution is -0.116. The molecule has 0 radical (unpaired) electrons. The Bertz CT molecular complexity index is 537. The number of aryl methyl sites for hydroxylation is 1. The van der Waals surface area contributed by atoms with Crippen molar-refractivity contribution in [2.24, 2.45) is 0 Å². The summed E-state index contributed by atoms with van der Waals surface area (Å²) in [6, 6.07) is 11.6. The first-order valence-electron chi connectivity index (χ1n) is 6.92. The SMILES string of the molecule is Nc1ccccc1NC(=O)CCCCCc1cccs1. The first-order valence-corrected chi connectivity index (χ1v) is 7.80. The first kappa shape index (κ1) is 14.6. The van der Waals surface area contributed by atoms with Gasteiger partial charge in [-0.3, -0.25) is 4.79 Å². The predicted octanol–water partition coefficient (Wildman–Crippen LogP) is 4.07. The zero-order valence-corrected chi connectivity index (χ0v) is 12.3. The number of nitrogens with one attached hydrogen (secondary N) is 1. The van der Waals surface area contributed by atoms with Crippen LogP contribution in [0.1, 0.15) is 30.6 Å². The van der Waals surface area contributed by atoms with Gasteiger partial charge in [0.25, 0.3) is 0 Å². The lowest BCUT2D eigenvalue weighted by atomic mass is 10.1. The van der Waals surface area contributed by atoms with Crippen molar-refractivity contribution in [1.29, 1.82) is 0 Å². The van der Waals surface area contributed by atoms with Gasteiger partial charge in [-0.2, -0.15) is 0 Å². The van der Waals surface area contributed by atoms with Gasteiger partial charge in [0.2, 0.25) is 5.91 Å². The number of anilines is 2. The van der Waals surface area contributed by atoms with Gasteiger partial charge in [0.1, 0.15) is 0 Å². The van der Waals surface area contributed by atoms with Crippen molar-refractivity contribution in [3.05, 3.63) is 46.7 Å². The summed E-state index contributed by atoms with van der Waals surface area (Å²) in [5, 5.41) is 4.96. The number of benzene rings is 1. The van der Waals surface area contributed by atoms with Crippen LogP contribution in [0.5, 0.6) is 0 Å². The Morgan fingerprint density at radius 1 is 1.10 bits per heavy atom. The van der Waals surface area contributed by atoms with Crippen LogP contribution < -0.4 is 11.1 Å². The van der Waals surface area contributed by atoms with Gasteiger partial charge in [-0.1, -0.05) is 24.6 Å². The molecule has 20 heavy (non-hydrogen) atoms. The predicted molar refractivity (Wildman–Crippen MR) is 86.0 cm³/mol. The highest BCUT2D eigenvalue weighted by Crippen LogP contribution is 2.17. The smallest absolute Gasteiger partial charge is 0.224 e. The number of hydrogen-bond donors (Lipinski definition) is 2. The fourth-order valence-electron chi connectivity index (χ4n) is 2.04. The molecule has 2 rings (SSSR count). The maximum absolute atomic E-state index is 11.8. The van der Waals surface area contributed by atoms with Crippen molar-refractivity contribution in [3.63, 3.8) is 0 Å². The molecule has 0 aliphatic rings. The summed E-state index contributed by atoms with van der Waals surface area (Å²) < 4.78 is 0. The van der Waals surface area contributed by atoms with Crippen LogP contribution in [0.4, 0.5) is 11.4 Å². The Kier molecular flexibility index (Phi) is 5.62. The topological polar surface area (TPSA) is 55.1 Å². The van der Waals surface area contributed by atoms with Gasteiger partial charge in [0.05, 0.1) is 11.4 Å². The molecule has 0 aliphatic heterocycles. The molecule has 1 aromatic carbocycles. The van der Waals surface area contributed by atoms with Crippen LogP contribution in [0.15, 0.2) is 41.8 Å². The number of para-hydroxylation sites is 2. The third kappa shape index (κ3) is 4.70. The van der Waals surface area contributed by atoms with Crippen molar-refractivity contribution in [1.82, 2.24) is 0 Å². The lowest BCUT2D eigenvalue weighted by Gasteiger charge is -2.07. The van der Waals surface area contributed by atoms with Crippen LogP contribution in [0.25, 0.3) is 0 Å². The zero-order chi connectivity index (χ0) is 14.2. The molecule has 1 heterocycles. The van der Waals surface area contributed by atoms with Crippen LogP contribution in [-0.4, -0.2) is 5.91 Å². The number of rotatable bonds is 7. The Balaban J connectivity index is 1.62. The summed E-state index contributed by atoms with van der Waals surface area (Å²) in [6.45, 7) is 0. The number of amides is 1. The van der Waals surface area contributed by atoms with E-state index < -0.39 is 0 Å². The van der Waals surface area contributed by atoms with Gasteiger partial charge >= 0.3 is 0 Å². The summed E-state index contributed by atoms with van der Waals surface area (Å²) in [7, 11) is 0. The Hall–Kier alpha value is -1.81. The second kappa shape index (κ2) is 7.70. The van der Waals surface area contributed by atoms with Crippen LogP contribution in [0.2, 0.25) is 0 Å². The normalized spacial score (nSPS) is 10.4. The summed E-state index contributed by atoms with van der Waals surface area (Å²) >= 11 is 1.80. The van der Waals surface area contributed by atoms with Crippen molar-refractivity contribution in [3.8, 4) is 0 Å². The molecule has 3 nitrogen and oxygen atoms in total. The van der Waals surface area contributed by atoms with Gasteiger partial charge in [-0.25, -0.2) is 0 Å². The largest absolute Gasteiger partial charge is 0.397 e. The van der Waals surface area contributed by atoms with E-state index in [1.807, 2.05) is 18.2 Å². The highest BCUT2D eigenvalue weighted by atomic mass is 32.1. The number of unbranched alkanes of at least 4 members (excludes halogenated alkanes) is 2. The maximum Gasteiger partial charge on any atom is 0.224 e. The third-order valence-corrected chi connectivity index (χ3v) is 4.08. The van der Waals surface area contributed by atoms with Crippen LogP contribution in [0.3, 0.4) is 0 Å². The molecule has 3 N–H and O–H groups in total. The number of nitrogen functional groups attached to an aromatic ring is 1. The minimum atomic E-state index is 0.0408. The molecule has 4 heteroatoms. The standard InChI is InChI=1S/C16H20N2OS/c17-14-9-4-5-10-15(14)18-16(19)11-3-1-2-7-13-8-6-12-20-13/h4-6,8-10,12H,1-3,7,11,17H2,(H,18,19). The van der Waals surface area contributed by atoms with Crippen LogP contribution in [-0.2, 0) is 11.2 Å². The number of hydrogen-bond acceptors (Lipinski definition) is 3. The first-order chi connectivity index (χ1) is 9.75. The van der Waals surface area contributed by atoms with Crippen molar-refractivity contribution in [2.45, 2.75) is 32.1 Å². The summed E-state index contributed by atoms with van der Waals surface area (Å²) in [5.74, 6) is 0.0408. The van der Waals surface area contributed by atoms with Gasteiger partial charge < -0.3 is 11.1 Å². The highest BCUT2D eigenvalue weighted by molar-refractivity contribution is 7.09. The van der Waals surface area contributed by atoms with Crippen molar-refractivity contribution < 1.29 is 4.79 Å². The number of carbonyl (C=O) groups excluding carboxylic acids is 1. The molecule has 2 aromatic rings. The summed E-state index contributed by atoms with van der Waals surface area (Å²) in [6.07, 6.45) is 4.81. The Morgan fingerprint density at radius 3 is 2.70 bits per heavy atom. The van der Waals surface area contributed by atoms with E-state index in [9.17, 15) is 4.79 Å². The molecule has 0 aliphatic carbocycles. The van der Waals surface area contributed by atoms with E-state index in [2.05, 4.69) is 22.8 Å². The molecule has 106 valence electrons. The van der Waals surface area contributed by atoms with Gasteiger partial charge in [0, 0.05) is 11.3 Å². The molecule has 0 spiro atoms. The average Bonchev–Trinajstić information content (AvgIpc) is 2.94. The zero-order valence-electron chi connectivity index (χ0n) is 11.5. The molecule has 0 atom stereocenters. The Morgan fingerprint density at radius 2 is 1.95 bits per heavy atom. The number of nitrogens with two attached hydrogens (primary N) is 1. The highest BCUT2D eigenvalue weighted by Gasteiger charge is 2.04. The fourth-order valence-corrected chi connectivity index (χ4v) is 2.79. The van der Waals surface area contributed by atoms with E-state index >= 15 is 0 Å². The van der Waals surface area contributed by atoms with Gasteiger partial charge in [-0.05, 0) is 42.8 Å². The second-order valence-corrected chi connectivity index (χ2v) is 5.81. The summed E-state index contributed by atoms with van der Waals surface area (Å²) in [4.78, 5) is 13.2. The van der Waals surface area contributed by atoms with E-state index in [0.717, 1.165) is 25.7 Å². The molecule has 0 saturated heterocycles.